The van der Waals surface area contributed by atoms with Crippen LogP contribution in [0.4, 0.5) is 0 Å². The van der Waals surface area contributed by atoms with Crippen LogP contribution in [0.5, 0.6) is 0 Å². The number of halogens is 2. The molecule has 2 N–H and O–H groups in total. The minimum atomic E-state index is 0.353. The van der Waals surface area contributed by atoms with E-state index in [1.807, 2.05) is 0 Å². The molecule has 0 aromatic carbocycles. The number of nitrogens with zero attached hydrogens (tertiary/aromatic N) is 4. The zero-order valence-corrected chi connectivity index (χ0v) is 11.3. The Balaban J connectivity index is 2.05. The summed E-state index contributed by atoms with van der Waals surface area (Å²) in [5, 5.41) is 17.1. The fourth-order valence-electron chi connectivity index (χ4n) is 1.28. The first-order valence-corrected chi connectivity index (χ1v) is 6.06. The lowest BCUT2D eigenvalue weighted by Gasteiger charge is -1.88. The molecule has 0 aliphatic rings. The first kappa shape index (κ1) is 10.7. The van der Waals surface area contributed by atoms with Crippen molar-refractivity contribution in [3.63, 3.8) is 0 Å². The van der Waals surface area contributed by atoms with Crippen LogP contribution in [0.1, 0.15) is 0 Å². The summed E-state index contributed by atoms with van der Waals surface area (Å²) in [6, 6.07) is 0. The lowest BCUT2D eigenvalue weighted by atomic mass is 10.4. The SMILES string of the molecule is Brc1cn[nH]c1-c1noc(-c2[nH]ncc2Br)n1. The molecule has 0 atom stereocenters. The maximum absolute atomic E-state index is 5.14. The van der Waals surface area contributed by atoms with Crippen LogP contribution in [0, 0.1) is 0 Å². The summed E-state index contributed by atoms with van der Waals surface area (Å²) in [6.07, 6.45) is 3.24. The molecule has 0 saturated heterocycles. The Bertz CT molecular complexity index is 602. The molecule has 0 aliphatic carbocycles. The van der Waals surface area contributed by atoms with Crippen molar-refractivity contribution in [2.75, 3.05) is 0 Å². The van der Waals surface area contributed by atoms with E-state index in [9.17, 15) is 0 Å². The van der Waals surface area contributed by atoms with Crippen molar-refractivity contribution >= 4 is 31.9 Å². The van der Waals surface area contributed by atoms with Crippen molar-refractivity contribution < 1.29 is 4.52 Å². The van der Waals surface area contributed by atoms with Gasteiger partial charge in [-0.05, 0) is 31.9 Å². The van der Waals surface area contributed by atoms with Gasteiger partial charge in [0.25, 0.3) is 5.89 Å². The summed E-state index contributed by atoms with van der Waals surface area (Å²) in [5.74, 6) is 0.775. The Morgan fingerprint density at radius 3 is 2.24 bits per heavy atom. The second-order valence-corrected chi connectivity index (χ2v) is 4.82. The van der Waals surface area contributed by atoms with Crippen LogP contribution in [0.3, 0.4) is 0 Å². The van der Waals surface area contributed by atoms with Gasteiger partial charge in [-0.2, -0.15) is 15.2 Å². The number of hydrogen-bond acceptors (Lipinski definition) is 5. The second kappa shape index (κ2) is 4.08. The summed E-state index contributed by atoms with van der Waals surface area (Å²) < 4.78 is 6.67. The van der Waals surface area contributed by atoms with E-state index < -0.39 is 0 Å². The standard InChI is InChI=1S/C8H4Br2N6O/c9-3-1-11-14-5(3)7-13-8(17-16-7)6-4(10)2-12-15-6/h1-2H,(H,11,14)(H,12,15). The lowest BCUT2D eigenvalue weighted by Crippen LogP contribution is -1.83. The highest BCUT2D eigenvalue weighted by atomic mass is 79.9. The van der Waals surface area contributed by atoms with Crippen molar-refractivity contribution in [1.29, 1.82) is 0 Å². The number of aromatic nitrogens is 6. The molecule has 0 amide bonds. The van der Waals surface area contributed by atoms with E-state index in [2.05, 4.69) is 62.4 Å². The molecule has 17 heavy (non-hydrogen) atoms. The first-order valence-electron chi connectivity index (χ1n) is 4.48. The molecule has 0 unspecified atom stereocenters. The van der Waals surface area contributed by atoms with Crippen LogP contribution in [0.25, 0.3) is 23.1 Å². The van der Waals surface area contributed by atoms with Crippen molar-refractivity contribution in [1.82, 2.24) is 30.5 Å². The first-order chi connectivity index (χ1) is 8.25. The monoisotopic (exact) mass is 358 g/mol. The van der Waals surface area contributed by atoms with Gasteiger partial charge in [-0.25, -0.2) is 0 Å². The molecule has 0 saturated carbocycles. The van der Waals surface area contributed by atoms with Gasteiger partial charge in [0.05, 0.1) is 21.3 Å². The molecule has 9 heteroatoms. The molecule has 3 aromatic heterocycles. The minimum Gasteiger partial charge on any atom is -0.332 e. The Labute approximate surface area is 111 Å². The van der Waals surface area contributed by atoms with Gasteiger partial charge in [0.1, 0.15) is 11.4 Å². The molecule has 0 spiro atoms. The van der Waals surface area contributed by atoms with Crippen molar-refractivity contribution in [3.05, 3.63) is 21.3 Å². The van der Waals surface area contributed by atoms with Gasteiger partial charge in [0.15, 0.2) is 0 Å². The second-order valence-electron chi connectivity index (χ2n) is 3.11. The van der Waals surface area contributed by atoms with E-state index >= 15 is 0 Å². The largest absolute Gasteiger partial charge is 0.332 e. The third kappa shape index (κ3) is 1.80. The predicted octanol–water partition coefficient (Wildman–Crippen LogP) is 2.37. The summed E-state index contributed by atoms with van der Waals surface area (Å²) >= 11 is 6.66. The third-order valence-electron chi connectivity index (χ3n) is 2.05. The molecule has 0 radical (unpaired) electrons. The quantitative estimate of drug-likeness (QED) is 0.732. The smallest absolute Gasteiger partial charge is 0.277 e. The molecule has 3 aromatic rings. The number of rotatable bonds is 2. The molecule has 7 nitrogen and oxygen atoms in total. The molecule has 0 aliphatic heterocycles. The molecular weight excluding hydrogens is 356 g/mol. The van der Waals surface area contributed by atoms with Gasteiger partial charge in [-0.1, -0.05) is 5.16 Å². The van der Waals surface area contributed by atoms with E-state index in [0.717, 1.165) is 8.95 Å². The van der Waals surface area contributed by atoms with Gasteiger partial charge in [-0.3, -0.25) is 10.2 Å². The number of hydrogen-bond donors (Lipinski definition) is 2. The summed E-state index contributed by atoms with van der Waals surface area (Å²) in [7, 11) is 0. The van der Waals surface area contributed by atoms with E-state index in [4.69, 9.17) is 4.52 Å². The Kier molecular flexibility index (Phi) is 2.56. The van der Waals surface area contributed by atoms with E-state index in [0.29, 0.717) is 23.1 Å². The predicted molar refractivity (Wildman–Crippen MR) is 64.9 cm³/mol. The van der Waals surface area contributed by atoms with Gasteiger partial charge < -0.3 is 4.52 Å². The molecule has 86 valence electrons. The zero-order chi connectivity index (χ0) is 11.8. The molecule has 3 heterocycles. The third-order valence-corrected chi connectivity index (χ3v) is 3.25. The number of nitrogens with one attached hydrogen (secondary N) is 2. The van der Waals surface area contributed by atoms with E-state index in [1.54, 1.807) is 12.4 Å². The van der Waals surface area contributed by atoms with Gasteiger partial charge in [0, 0.05) is 0 Å². The fraction of sp³-hybridized carbons (Fsp3) is 0. The van der Waals surface area contributed by atoms with E-state index in [1.165, 1.54) is 0 Å². The topological polar surface area (TPSA) is 96.3 Å². The number of aromatic amines is 2. The van der Waals surface area contributed by atoms with Crippen LogP contribution < -0.4 is 0 Å². The van der Waals surface area contributed by atoms with Crippen LogP contribution >= 0.6 is 31.9 Å². The number of H-pyrrole nitrogens is 2. The van der Waals surface area contributed by atoms with Crippen LogP contribution in [0.15, 0.2) is 25.9 Å². The van der Waals surface area contributed by atoms with Crippen molar-refractivity contribution in [3.8, 4) is 23.1 Å². The van der Waals surface area contributed by atoms with Gasteiger partial charge in [0.2, 0.25) is 5.82 Å². The van der Waals surface area contributed by atoms with Crippen LogP contribution in [-0.2, 0) is 0 Å². The highest BCUT2D eigenvalue weighted by Crippen LogP contribution is 2.28. The summed E-state index contributed by atoms with van der Waals surface area (Å²) in [4.78, 5) is 4.24. The molecule has 0 fully saturated rings. The Morgan fingerprint density at radius 2 is 1.65 bits per heavy atom. The van der Waals surface area contributed by atoms with E-state index in [-0.39, 0.29) is 0 Å². The average Bonchev–Trinajstić information content (AvgIpc) is 2.97. The zero-order valence-electron chi connectivity index (χ0n) is 8.11. The molecular formula is C8H4Br2N6O. The maximum Gasteiger partial charge on any atom is 0.277 e. The average molecular weight is 360 g/mol. The Morgan fingerprint density at radius 1 is 1.00 bits per heavy atom. The van der Waals surface area contributed by atoms with Crippen molar-refractivity contribution in [2.45, 2.75) is 0 Å². The van der Waals surface area contributed by atoms with Gasteiger partial charge in [-0.15, -0.1) is 0 Å². The highest BCUT2D eigenvalue weighted by molar-refractivity contribution is 9.11. The van der Waals surface area contributed by atoms with Crippen LogP contribution in [0.2, 0.25) is 0 Å². The summed E-state index contributed by atoms with van der Waals surface area (Å²) in [6.45, 7) is 0. The Hall–Kier alpha value is -1.48. The van der Waals surface area contributed by atoms with Crippen LogP contribution in [-0.4, -0.2) is 30.5 Å². The molecule has 0 bridgehead atoms. The maximum atomic E-state index is 5.14. The summed E-state index contributed by atoms with van der Waals surface area (Å²) in [5.41, 5.74) is 1.30. The normalized spacial score (nSPS) is 10.9. The molecule has 3 rings (SSSR count). The lowest BCUT2D eigenvalue weighted by molar-refractivity contribution is 0.430. The fourth-order valence-corrected chi connectivity index (χ4v) is 2.01. The van der Waals surface area contributed by atoms with Gasteiger partial charge >= 0.3 is 0 Å². The minimum absolute atomic E-state index is 0.353. The van der Waals surface area contributed by atoms with Crippen molar-refractivity contribution in [2.24, 2.45) is 0 Å². The highest BCUT2D eigenvalue weighted by Gasteiger charge is 2.17.